The Morgan fingerprint density at radius 3 is 1.96 bits per heavy atom. The van der Waals surface area contributed by atoms with Gasteiger partial charge in [0.25, 0.3) is 5.69 Å². The molecule has 9 N–H and O–H groups in total. The predicted molar refractivity (Wildman–Crippen MR) is 143 cm³/mol. The molecule has 3 saturated heterocycles. The average Bonchev–Trinajstić information content (AvgIpc) is 3.00. The van der Waals surface area contributed by atoms with Crippen LogP contribution < -0.4 is 10.1 Å². The second-order valence-corrected chi connectivity index (χ2v) is 10.9. The van der Waals surface area contributed by atoms with Crippen LogP contribution in [0.3, 0.4) is 0 Å². The van der Waals surface area contributed by atoms with Crippen molar-refractivity contribution in [3.05, 3.63) is 34.4 Å². The van der Waals surface area contributed by atoms with Crippen molar-refractivity contribution in [2.24, 2.45) is 0 Å². The van der Waals surface area contributed by atoms with Crippen LogP contribution in [0.15, 0.2) is 24.3 Å². The first-order chi connectivity index (χ1) is 21.3. The lowest BCUT2D eigenvalue weighted by molar-refractivity contribution is -0.384. The zero-order valence-electron chi connectivity index (χ0n) is 24.1. The fourth-order valence-corrected chi connectivity index (χ4v) is 5.25. The highest BCUT2D eigenvalue weighted by molar-refractivity contribution is 5.73. The minimum Gasteiger partial charge on any atom is -0.463 e. The van der Waals surface area contributed by atoms with E-state index in [9.17, 15) is 55.8 Å². The molecule has 0 bridgehead atoms. The maximum atomic E-state index is 12.2. The predicted octanol–water partition coefficient (Wildman–Crippen LogP) is -4.41. The minimum absolute atomic E-state index is 0.0418. The molecule has 9 unspecified atom stereocenters. The molecule has 254 valence electrons. The van der Waals surface area contributed by atoms with Crippen molar-refractivity contribution in [1.29, 1.82) is 0 Å². The first kappa shape index (κ1) is 35.2. The number of hydrogen-bond acceptors (Lipinski definition) is 17. The summed E-state index contributed by atoms with van der Waals surface area (Å²) in [5.41, 5.74) is -0.238. The molecular weight excluding hydrogens is 612 g/mol. The molecule has 3 aliphatic heterocycles. The summed E-state index contributed by atoms with van der Waals surface area (Å²) < 4.78 is 34.3. The normalized spacial score (nSPS) is 42.1. The number of nitro groups is 1. The summed E-state index contributed by atoms with van der Waals surface area (Å²) in [4.78, 5) is 22.6. The second kappa shape index (κ2) is 14.9. The van der Waals surface area contributed by atoms with Crippen molar-refractivity contribution in [2.45, 2.75) is 106 Å². The summed E-state index contributed by atoms with van der Waals surface area (Å²) in [6.45, 7) is 0.926. The minimum atomic E-state index is -1.88. The van der Waals surface area contributed by atoms with Gasteiger partial charge >= 0.3 is 0 Å². The number of nitrogens with one attached hydrogen (secondary N) is 1. The summed E-state index contributed by atoms with van der Waals surface area (Å²) in [5, 5.41) is 96.6. The Balaban J connectivity index is 1.64. The molecule has 15 atom stereocenters. The van der Waals surface area contributed by atoms with Crippen LogP contribution in [0.25, 0.3) is 0 Å². The summed E-state index contributed by atoms with van der Waals surface area (Å²) >= 11 is 0. The van der Waals surface area contributed by atoms with Gasteiger partial charge in [-0.2, -0.15) is 0 Å². The number of ether oxygens (including phenoxy) is 6. The van der Waals surface area contributed by atoms with E-state index in [0.717, 1.165) is 19.1 Å². The molecular formula is C26H38N2O17. The van der Waals surface area contributed by atoms with Crippen LogP contribution in [0.5, 0.6) is 5.75 Å². The molecule has 19 nitrogen and oxygen atoms in total. The standard InChI is InChI=1S/C26H38N2O17/c1-9-16(32)19(35)21(37)25(40-9)45-23-20(36)17(33)13(7-29)43-26(23)44-22-15(27-10(2)31)24(42-14(8-30)18(22)34)41-12-5-3-11(4-6-12)28(38)39/h3-6,9,13-26,29-30,32-37H,7-8H2,1-2H3,(H,27,31)/t9-,13?,14?,15?,16?,17-,18+,19?,20?,21-,22?,23?,24+,25?,26-/m0/s1. The number of hydrogen-bond donors (Lipinski definition) is 9. The van der Waals surface area contributed by atoms with Crippen molar-refractivity contribution >= 4 is 11.6 Å². The third-order valence-corrected chi connectivity index (χ3v) is 7.74. The molecule has 3 fully saturated rings. The molecule has 45 heavy (non-hydrogen) atoms. The van der Waals surface area contributed by atoms with E-state index in [4.69, 9.17) is 28.4 Å². The van der Waals surface area contributed by atoms with Crippen molar-refractivity contribution in [3.63, 3.8) is 0 Å². The Morgan fingerprint density at radius 1 is 0.800 bits per heavy atom. The second-order valence-electron chi connectivity index (χ2n) is 10.9. The molecule has 4 rings (SSSR count). The van der Waals surface area contributed by atoms with Gasteiger partial charge in [-0.25, -0.2) is 0 Å². The lowest BCUT2D eigenvalue weighted by Crippen LogP contribution is -2.69. The van der Waals surface area contributed by atoms with Gasteiger partial charge in [0.05, 0.1) is 24.2 Å². The van der Waals surface area contributed by atoms with Gasteiger partial charge in [-0.1, -0.05) is 0 Å². The van der Waals surface area contributed by atoms with E-state index in [0.29, 0.717) is 0 Å². The van der Waals surface area contributed by atoms with Crippen LogP contribution in [-0.2, 0) is 28.5 Å². The zero-order chi connectivity index (χ0) is 33.2. The molecule has 19 heteroatoms. The SMILES string of the molecule is CC(=O)NC1C(O[C@@H]2OC(CO)[C@H](O)C(O)C2OC2O[C@@H](C)C(O)C(O)[C@@H]2O)[C@H](O)C(CO)O[C@H]1Oc1ccc([N+](=O)[O-])cc1. The first-order valence-electron chi connectivity index (χ1n) is 14.0. The Morgan fingerprint density at radius 2 is 1.38 bits per heavy atom. The number of benzene rings is 1. The van der Waals surface area contributed by atoms with Gasteiger partial charge in [-0.3, -0.25) is 14.9 Å². The first-order valence-corrected chi connectivity index (χ1v) is 14.0. The number of nitro benzene ring substituents is 1. The van der Waals surface area contributed by atoms with Gasteiger partial charge in [0, 0.05) is 19.1 Å². The number of aliphatic hydroxyl groups is 8. The number of nitrogens with zero attached hydrogens (tertiary/aromatic N) is 1. The molecule has 0 aromatic heterocycles. The molecule has 1 amide bonds. The molecule has 0 spiro atoms. The van der Waals surface area contributed by atoms with Gasteiger partial charge in [0.1, 0.15) is 72.8 Å². The largest absolute Gasteiger partial charge is 0.463 e. The molecule has 1 aromatic carbocycles. The Hall–Kier alpha value is -2.63. The molecule has 3 heterocycles. The Labute approximate surface area is 255 Å². The molecule has 0 aliphatic carbocycles. The molecule has 1 aromatic rings. The number of amides is 1. The molecule has 0 saturated carbocycles. The number of aliphatic hydroxyl groups excluding tert-OH is 8. The fraction of sp³-hybridized carbons (Fsp3) is 0.731. The fourth-order valence-electron chi connectivity index (χ4n) is 5.25. The van der Waals surface area contributed by atoms with Crippen molar-refractivity contribution in [2.75, 3.05) is 13.2 Å². The van der Waals surface area contributed by atoms with Crippen molar-refractivity contribution in [3.8, 4) is 5.75 Å². The lowest BCUT2D eigenvalue weighted by Gasteiger charge is -2.49. The quantitative estimate of drug-likeness (QED) is 0.0853. The Bertz CT molecular complexity index is 1140. The number of carbonyl (C=O) groups is 1. The van der Waals surface area contributed by atoms with E-state index in [1.165, 1.54) is 19.1 Å². The Kier molecular flexibility index (Phi) is 11.6. The third-order valence-electron chi connectivity index (χ3n) is 7.74. The highest BCUT2D eigenvalue weighted by Crippen LogP contribution is 2.33. The average molecular weight is 651 g/mol. The van der Waals surface area contributed by atoms with Crippen molar-refractivity contribution < 1.29 is 79.0 Å². The molecule has 3 aliphatic rings. The van der Waals surface area contributed by atoms with Gasteiger partial charge in [-0.15, -0.1) is 0 Å². The smallest absolute Gasteiger partial charge is 0.269 e. The summed E-state index contributed by atoms with van der Waals surface area (Å²) in [6, 6.07) is 3.41. The van der Waals surface area contributed by atoms with E-state index in [1.54, 1.807) is 0 Å². The van der Waals surface area contributed by atoms with Crippen molar-refractivity contribution in [1.82, 2.24) is 5.32 Å². The van der Waals surface area contributed by atoms with E-state index in [2.05, 4.69) is 5.32 Å². The highest BCUT2D eigenvalue weighted by Gasteiger charge is 2.54. The van der Waals surface area contributed by atoms with Gasteiger partial charge in [0.2, 0.25) is 12.2 Å². The maximum absolute atomic E-state index is 12.2. The van der Waals surface area contributed by atoms with Gasteiger partial charge in [0.15, 0.2) is 12.6 Å². The summed E-state index contributed by atoms with van der Waals surface area (Å²) in [7, 11) is 0. The van der Waals surface area contributed by atoms with Crippen LogP contribution in [0.1, 0.15) is 13.8 Å². The third kappa shape index (κ3) is 7.68. The van der Waals surface area contributed by atoms with E-state index < -0.39 is 116 Å². The van der Waals surface area contributed by atoms with Crippen LogP contribution in [0.2, 0.25) is 0 Å². The van der Waals surface area contributed by atoms with Gasteiger partial charge < -0.3 is 74.6 Å². The topological polar surface area (TPSA) is 289 Å². The van der Waals surface area contributed by atoms with Crippen LogP contribution in [-0.4, -0.2) is 157 Å². The highest BCUT2D eigenvalue weighted by atomic mass is 16.8. The van der Waals surface area contributed by atoms with E-state index in [-0.39, 0.29) is 11.4 Å². The van der Waals surface area contributed by atoms with Gasteiger partial charge in [-0.05, 0) is 19.1 Å². The summed E-state index contributed by atoms with van der Waals surface area (Å²) in [5.74, 6) is -0.606. The monoisotopic (exact) mass is 650 g/mol. The number of rotatable bonds is 10. The summed E-state index contributed by atoms with van der Waals surface area (Å²) in [6.07, 6.45) is -22.6. The maximum Gasteiger partial charge on any atom is 0.269 e. The lowest BCUT2D eigenvalue weighted by atomic mass is 9.95. The number of non-ortho nitro benzene ring substituents is 1. The van der Waals surface area contributed by atoms with E-state index >= 15 is 0 Å². The molecule has 0 radical (unpaired) electrons. The zero-order valence-corrected chi connectivity index (χ0v) is 24.1. The van der Waals surface area contributed by atoms with Crippen LogP contribution in [0, 0.1) is 10.1 Å². The van der Waals surface area contributed by atoms with Crippen LogP contribution in [0.4, 0.5) is 5.69 Å². The van der Waals surface area contributed by atoms with E-state index in [1.807, 2.05) is 0 Å². The number of carbonyl (C=O) groups excluding carboxylic acids is 1. The van der Waals surface area contributed by atoms with Crippen LogP contribution >= 0.6 is 0 Å².